The fraction of sp³-hybridized carbons (Fsp3) is 0.222. The van der Waals surface area contributed by atoms with Gasteiger partial charge in [0.15, 0.2) is 0 Å². The molecule has 1 aromatic carbocycles. The van der Waals surface area contributed by atoms with Gasteiger partial charge in [-0.1, -0.05) is 31.5 Å². The average Bonchev–Trinajstić information content (AvgIpc) is 3.02. The van der Waals surface area contributed by atoms with Gasteiger partial charge in [0.2, 0.25) is 5.95 Å². The van der Waals surface area contributed by atoms with Crippen molar-refractivity contribution < 1.29 is 0 Å². The minimum Gasteiger partial charge on any atom is -0.355 e. The molecule has 3 heterocycles. The Kier molecular flexibility index (Phi) is 4.15. The smallest absolute Gasteiger partial charge is 0.277 e. The predicted octanol–water partition coefficient (Wildman–Crippen LogP) is 3.60. The topological polar surface area (TPSA) is 72.7 Å². The van der Waals surface area contributed by atoms with Gasteiger partial charge in [0, 0.05) is 18.9 Å². The van der Waals surface area contributed by atoms with E-state index in [4.69, 9.17) is 4.98 Å². The van der Waals surface area contributed by atoms with Crippen molar-refractivity contribution >= 4 is 37.8 Å². The molecule has 25 heavy (non-hydrogen) atoms. The first-order valence-corrected chi connectivity index (χ1v) is 9.07. The van der Waals surface area contributed by atoms with Crippen LogP contribution in [0.4, 0.5) is 5.95 Å². The summed E-state index contributed by atoms with van der Waals surface area (Å²) in [5.74, 6) is 0.544. The number of anilines is 1. The molecule has 0 fully saturated rings. The zero-order chi connectivity index (χ0) is 17.2. The van der Waals surface area contributed by atoms with Crippen molar-refractivity contribution in [3.63, 3.8) is 0 Å². The van der Waals surface area contributed by atoms with Gasteiger partial charge in [-0.15, -0.1) is 11.3 Å². The fourth-order valence-corrected chi connectivity index (χ4v) is 3.70. The highest BCUT2D eigenvalue weighted by Crippen LogP contribution is 2.28. The van der Waals surface area contributed by atoms with E-state index < -0.39 is 0 Å². The van der Waals surface area contributed by atoms with Crippen LogP contribution in [0.1, 0.15) is 19.8 Å². The molecule has 0 saturated carbocycles. The molecule has 0 amide bonds. The van der Waals surface area contributed by atoms with E-state index in [0.717, 1.165) is 29.9 Å². The molecule has 0 atom stereocenters. The van der Waals surface area contributed by atoms with Crippen LogP contribution in [0.15, 0.2) is 47.5 Å². The van der Waals surface area contributed by atoms with Crippen LogP contribution in [-0.2, 0) is 0 Å². The number of rotatable bonds is 5. The van der Waals surface area contributed by atoms with E-state index in [1.54, 1.807) is 17.0 Å². The van der Waals surface area contributed by atoms with Crippen LogP contribution in [0.5, 0.6) is 0 Å². The van der Waals surface area contributed by atoms with E-state index in [9.17, 15) is 4.79 Å². The Morgan fingerprint density at radius 2 is 1.92 bits per heavy atom. The summed E-state index contributed by atoms with van der Waals surface area (Å²) in [4.78, 5) is 27.3. The van der Waals surface area contributed by atoms with Crippen molar-refractivity contribution in [2.45, 2.75) is 19.8 Å². The van der Waals surface area contributed by atoms with Crippen molar-refractivity contribution in [3.05, 3.63) is 53.1 Å². The summed E-state index contributed by atoms with van der Waals surface area (Å²) in [5, 5.41) is 3.31. The van der Waals surface area contributed by atoms with Gasteiger partial charge in [0.25, 0.3) is 5.56 Å². The zero-order valence-corrected chi connectivity index (χ0v) is 14.6. The van der Waals surface area contributed by atoms with Gasteiger partial charge in [-0.05, 0) is 18.6 Å². The maximum atomic E-state index is 13.2. The summed E-state index contributed by atoms with van der Waals surface area (Å²) in [7, 11) is 0. The number of unbranched alkanes of at least 4 members (excludes halogenated alkanes) is 1. The molecule has 0 spiro atoms. The van der Waals surface area contributed by atoms with Gasteiger partial charge in [-0.3, -0.25) is 4.79 Å². The molecule has 0 saturated heterocycles. The number of para-hydroxylation sites is 1. The summed E-state index contributed by atoms with van der Waals surface area (Å²) in [5.41, 5.74) is 1.99. The Balaban J connectivity index is 2.00. The number of fused-ring (bicyclic) bond motifs is 3. The predicted molar refractivity (Wildman–Crippen MR) is 102 cm³/mol. The van der Waals surface area contributed by atoms with Gasteiger partial charge in [-0.2, -0.15) is 0 Å². The molecule has 6 nitrogen and oxygen atoms in total. The number of benzene rings is 1. The Labute approximate surface area is 148 Å². The van der Waals surface area contributed by atoms with E-state index in [1.165, 1.54) is 11.3 Å². The fourth-order valence-electron chi connectivity index (χ4n) is 2.73. The minimum absolute atomic E-state index is 0.0972. The number of hydrogen-bond acceptors (Lipinski definition) is 6. The van der Waals surface area contributed by atoms with Crippen LogP contribution in [0.2, 0.25) is 0 Å². The van der Waals surface area contributed by atoms with Gasteiger partial charge in [-0.25, -0.2) is 19.5 Å². The molecule has 0 aliphatic carbocycles. The lowest BCUT2D eigenvalue weighted by Gasteiger charge is -2.13. The SMILES string of the molecule is CCCCNc1nc2c(sc3nccnc32)c(=O)n1-c1ccccc1. The quantitative estimate of drug-likeness (QED) is 0.556. The molecule has 1 N–H and O–H groups in total. The molecule has 4 aromatic rings. The molecule has 126 valence electrons. The molecule has 0 unspecified atom stereocenters. The second-order valence-electron chi connectivity index (χ2n) is 5.68. The molecule has 0 aliphatic heterocycles. The lowest BCUT2D eigenvalue weighted by Crippen LogP contribution is -2.23. The van der Waals surface area contributed by atoms with E-state index in [2.05, 4.69) is 22.2 Å². The highest BCUT2D eigenvalue weighted by Gasteiger charge is 2.18. The molecule has 0 aliphatic rings. The molecule has 0 bridgehead atoms. The summed E-state index contributed by atoms with van der Waals surface area (Å²) in [6.45, 7) is 2.89. The minimum atomic E-state index is -0.0972. The maximum Gasteiger partial charge on any atom is 0.277 e. The molecule has 0 radical (unpaired) electrons. The summed E-state index contributed by atoms with van der Waals surface area (Å²) < 4.78 is 2.21. The first-order chi connectivity index (χ1) is 12.3. The van der Waals surface area contributed by atoms with E-state index >= 15 is 0 Å². The Morgan fingerprint density at radius 3 is 2.72 bits per heavy atom. The monoisotopic (exact) mass is 351 g/mol. The van der Waals surface area contributed by atoms with Gasteiger partial charge < -0.3 is 5.32 Å². The Bertz CT molecular complexity index is 1090. The molecule has 7 heteroatoms. The van der Waals surface area contributed by atoms with Crippen LogP contribution in [0, 0.1) is 0 Å². The Morgan fingerprint density at radius 1 is 1.12 bits per heavy atom. The van der Waals surface area contributed by atoms with Crippen LogP contribution in [0.3, 0.4) is 0 Å². The van der Waals surface area contributed by atoms with Gasteiger partial charge in [0.05, 0.1) is 5.69 Å². The third-order valence-electron chi connectivity index (χ3n) is 3.96. The maximum absolute atomic E-state index is 13.2. The van der Waals surface area contributed by atoms with E-state index in [1.807, 2.05) is 30.3 Å². The lowest BCUT2D eigenvalue weighted by molar-refractivity contribution is 0.817. The number of hydrogen-bond donors (Lipinski definition) is 1. The number of nitrogens with one attached hydrogen (secondary N) is 1. The summed E-state index contributed by atoms with van der Waals surface area (Å²) in [6.07, 6.45) is 5.33. The van der Waals surface area contributed by atoms with E-state index in [-0.39, 0.29) is 5.56 Å². The Hall–Kier alpha value is -2.80. The van der Waals surface area contributed by atoms with Crippen molar-refractivity contribution in [2.24, 2.45) is 0 Å². The zero-order valence-electron chi connectivity index (χ0n) is 13.8. The lowest BCUT2D eigenvalue weighted by atomic mass is 10.3. The van der Waals surface area contributed by atoms with Gasteiger partial charge in [0.1, 0.15) is 20.6 Å². The average molecular weight is 351 g/mol. The van der Waals surface area contributed by atoms with Crippen molar-refractivity contribution in [1.29, 1.82) is 0 Å². The molecule has 4 rings (SSSR count). The second kappa shape index (κ2) is 6.60. The number of aromatic nitrogens is 4. The van der Waals surface area contributed by atoms with Crippen LogP contribution < -0.4 is 10.9 Å². The van der Waals surface area contributed by atoms with Crippen molar-refractivity contribution in [2.75, 3.05) is 11.9 Å². The van der Waals surface area contributed by atoms with Crippen molar-refractivity contribution in [1.82, 2.24) is 19.5 Å². The molecular weight excluding hydrogens is 334 g/mol. The van der Waals surface area contributed by atoms with Crippen LogP contribution >= 0.6 is 11.3 Å². The van der Waals surface area contributed by atoms with Crippen LogP contribution in [0.25, 0.3) is 26.3 Å². The van der Waals surface area contributed by atoms with E-state index in [0.29, 0.717) is 21.7 Å². The number of thiophene rings is 1. The normalized spacial score (nSPS) is 11.2. The molecule has 3 aromatic heterocycles. The first kappa shape index (κ1) is 15.7. The highest BCUT2D eigenvalue weighted by atomic mass is 32.1. The molecular formula is C18H17N5OS. The van der Waals surface area contributed by atoms with Crippen molar-refractivity contribution in [3.8, 4) is 5.69 Å². The van der Waals surface area contributed by atoms with Gasteiger partial charge >= 0.3 is 0 Å². The number of nitrogens with zero attached hydrogens (tertiary/aromatic N) is 4. The highest BCUT2D eigenvalue weighted by molar-refractivity contribution is 7.25. The standard InChI is InChI=1S/C18H17N5OS/c1-2-3-9-21-18-22-13-14-16(20-11-10-19-14)25-15(13)17(24)23(18)12-7-5-4-6-8-12/h4-8,10-11H,2-3,9H2,1H3,(H,21,22). The summed E-state index contributed by atoms with van der Waals surface area (Å²) >= 11 is 1.34. The largest absolute Gasteiger partial charge is 0.355 e. The second-order valence-corrected chi connectivity index (χ2v) is 6.68. The third-order valence-corrected chi connectivity index (χ3v) is 5.02. The first-order valence-electron chi connectivity index (χ1n) is 8.25. The summed E-state index contributed by atoms with van der Waals surface area (Å²) in [6, 6.07) is 9.57. The third kappa shape index (κ3) is 2.76. The van der Waals surface area contributed by atoms with Crippen LogP contribution in [-0.4, -0.2) is 26.1 Å².